The standard InChI is InChI=1S/C26H22BrN3O/c27-21-12-14-22(15-13-21)30-18-20(17-25(30)31)26-28-23-10-4-5-11-24(23)29(26)16-6-9-19-7-2-1-3-8-19/h1-15,20H,16-18H2/b9-6+. The van der Waals surface area contributed by atoms with E-state index in [9.17, 15) is 4.79 Å². The van der Waals surface area contributed by atoms with Crippen molar-refractivity contribution in [2.75, 3.05) is 11.4 Å². The summed E-state index contributed by atoms with van der Waals surface area (Å²) in [7, 11) is 0. The van der Waals surface area contributed by atoms with Crippen LogP contribution in [0.25, 0.3) is 17.1 Å². The van der Waals surface area contributed by atoms with E-state index in [0.717, 1.165) is 27.0 Å². The molecule has 1 atom stereocenters. The molecule has 2 heterocycles. The lowest BCUT2D eigenvalue weighted by atomic mass is 10.1. The Hall–Kier alpha value is -3.18. The fraction of sp³-hybridized carbons (Fsp3) is 0.154. The Kier molecular flexibility index (Phi) is 5.43. The van der Waals surface area contributed by atoms with E-state index in [1.54, 1.807) is 0 Å². The lowest BCUT2D eigenvalue weighted by Crippen LogP contribution is -2.24. The zero-order valence-corrected chi connectivity index (χ0v) is 18.6. The normalized spacial score (nSPS) is 16.6. The predicted molar refractivity (Wildman–Crippen MR) is 129 cm³/mol. The molecule has 0 bridgehead atoms. The number of nitrogens with zero attached hydrogens (tertiary/aromatic N) is 3. The number of allylic oxidation sites excluding steroid dienone is 1. The number of fused-ring (bicyclic) bond motifs is 1. The number of amides is 1. The van der Waals surface area contributed by atoms with E-state index in [1.807, 2.05) is 65.6 Å². The van der Waals surface area contributed by atoms with Gasteiger partial charge in [0.05, 0.1) is 11.0 Å². The van der Waals surface area contributed by atoms with Crippen molar-refractivity contribution in [3.8, 4) is 0 Å². The van der Waals surface area contributed by atoms with E-state index in [-0.39, 0.29) is 11.8 Å². The molecule has 1 aliphatic heterocycles. The summed E-state index contributed by atoms with van der Waals surface area (Å²) in [4.78, 5) is 19.6. The van der Waals surface area contributed by atoms with Gasteiger partial charge in [0.15, 0.2) is 0 Å². The number of imidazole rings is 1. The maximum absolute atomic E-state index is 12.8. The summed E-state index contributed by atoms with van der Waals surface area (Å²) >= 11 is 3.46. The number of halogens is 1. The second-order valence-electron chi connectivity index (χ2n) is 7.76. The van der Waals surface area contributed by atoms with Crippen molar-refractivity contribution in [1.82, 2.24) is 9.55 Å². The fourth-order valence-corrected chi connectivity index (χ4v) is 4.47. The first-order valence-corrected chi connectivity index (χ1v) is 11.2. The number of hydrogen-bond donors (Lipinski definition) is 0. The Balaban J connectivity index is 1.45. The first-order chi connectivity index (χ1) is 15.2. The summed E-state index contributed by atoms with van der Waals surface area (Å²) in [6.45, 7) is 1.36. The van der Waals surface area contributed by atoms with E-state index >= 15 is 0 Å². The van der Waals surface area contributed by atoms with Crippen LogP contribution in [0.1, 0.15) is 23.7 Å². The molecule has 1 aliphatic rings. The van der Waals surface area contributed by atoms with Gasteiger partial charge < -0.3 is 9.47 Å². The number of carbonyl (C=O) groups excluding carboxylic acids is 1. The molecule has 0 spiro atoms. The van der Waals surface area contributed by atoms with Crippen molar-refractivity contribution < 1.29 is 4.79 Å². The zero-order valence-electron chi connectivity index (χ0n) is 17.0. The molecule has 0 N–H and O–H groups in total. The van der Waals surface area contributed by atoms with E-state index in [1.165, 1.54) is 5.56 Å². The summed E-state index contributed by atoms with van der Waals surface area (Å²) in [5.41, 5.74) is 4.18. The maximum Gasteiger partial charge on any atom is 0.227 e. The van der Waals surface area contributed by atoms with Gasteiger partial charge in [-0.3, -0.25) is 4.79 Å². The van der Waals surface area contributed by atoms with Crippen LogP contribution in [-0.4, -0.2) is 22.0 Å². The van der Waals surface area contributed by atoms with Crippen molar-refractivity contribution in [2.45, 2.75) is 18.9 Å². The molecule has 1 amide bonds. The number of anilines is 1. The van der Waals surface area contributed by atoms with Crippen LogP contribution in [0.5, 0.6) is 0 Å². The third kappa shape index (κ3) is 4.06. The van der Waals surface area contributed by atoms with Crippen molar-refractivity contribution in [2.24, 2.45) is 0 Å². The van der Waals surface area contributed by atoms with Crippen molar-refractivity contribution in [3.05, 3.63) is 101 Å². The molecule has 154 valence electrons. The molecule has 4 nitrogen and oxygen atoms in total. The minimum Gasteiger partial charge on any atom is -0.324 e. The van der Waals surface area contributed by atoms with Crippen LogP contribution in [0.2, 0.25) is 0 Å². The molecule has 1 fully saturated rings. The van der Waals surface area contributed by atoms with Crippen LogP contribution in [0.4, 0.5) is 5.69 Å². The SMILES string of the molecule is O=C1CC(c2nc3ccccc3n2C/C=C/c2ccccc2)CN1c1ccc(Br)cc1. The highest BCUT2D eigenvalue weighted by Crippen LogP contribution is 2.33. The van der Waals surface area contributed by atoms with Gasteiger partial charge in [0, 0.05) is 35.6 Å². The van der Waals surface area contributed by atoms with Crippen molar-refractivity contribution in [1.29, 1.82) is 0 Å². The van der Waals surface area contributed by atoms with Gasteiger partial charge in [0.1, 0.15) is 5.82 Å². The zero-order chi connectivity index (χ0) is 21.2. The Morgan fingerprint density at radius 2 is 1.71 bits per heavy atom. The van der Waals surface area contributed by atoms with E-state index in [0.29, 0.717) is 19.5 Å². The summed E-state index contributed by atoms with van der Waals surface area (Å²) < 4.78 is 3.25. The first kappa shape index (κ1) is 19.8. The predicted octanol–water partition coefficient (Wildman–Crippen LogP) is 6.03. The summed E-state index contributed by atoms with van der Waals surface area (Å²) in [6.07, 6.45) is 4.77. The van der Waals surface area contributed by atoms with Gasteiger partial charge in [-0.15, -0.1) is 0 Å². The summed E-state index contributed by atoms with van der Waals surface area (Å²) in [5.74, 6) is 1.19. The molecule has 1 unspecified atom stereocenters. The van der Waals surface area contributed by atoms with Gasteiger partial charge >= 0.3 is 0 Å². The number of aromatic nitrogens is 2. The maximum atomic E-state index is 12.8. The molecule has 31 heavy (non-hydrogen) atoms. The van der Waals surface area contributed by atoms with Crippen molar-refractivity contribution in [3.63, 3.8) is 0 Å². The largest absolute Gasteiger partial charge is 0.324 e. The lowest BCUT2D eigenvalue weighted by molar-refractivity contribution is -0.117. The summed E-state index contributed by atoms with van der Waals surface area (Å²) in [6, 6.07) is 26.4. The number of carbonyl (C=O) groups is 1. The van der Waals surface area contributed by atoms with Gasteiger partial charge in [0.25, 0.3) is 0 Å². The second kappa shape index (κ2) is 8.52. The Labute approximate surface area is 190 Å². The van der Waals surface area contributed by atoms with Gasteiger partial charge in [-0.1, -0.05) is 70.5 Å². The highest BCUT2D eigenvalue weighted by Gasteiger charge is 2.34. The van der Waals surface area contributed by atoms with Crippen LogP contribution < -0.4 is 4.90 Å². The molecule has 1 aromatic heterocycles. The molecular weight excluding hydrogens is 450 g/mol. The Morgan fingerprint density at radius 1 is 0.968 bits per heavy atom. The minimum absolute atomic E-state index is 0.0636. The third-order valence-electron chi connectivity index (χ3n) is 5.71. The lowest BCUT2D eigenvalue weighted by Gasteiger charge is -2.17. The third-order valence-corrected chi connectivity index (χ3v) is 6.24. The number of rotatable bonds is 5. The van der Waals surface area contributed by atoms with Gasteiger partial charge in [-0.25, -0.2) is 4.98 Å². The average molecular weight is 472 g/mol. The van der Waals surface area contributed by atoms with Gasteiger partial charge in [0.2, 0.25) is 5.91 Å². The van der Waals surface area contributed by atoms with Crippen LogP contribution in [0, 0.1) is 0 Å². The molecule has 3 aromatic carbocycles. The Morgan fingerprint density at radius 3 is 2.52 bits per heavy atom. The number of hydrogen-bond acceptors (Lipinski definition) is 2. The Bertz CT molecular complexity index is 1240. The molecule has 1 saturated heterocycles. The van der Waals surface area contributed by atoms with Gasteiger partial charge in [-0.2, -0.15) is 0 Å². The van der Waals surface area contributed by atoms with Crippen LogP contribution in [-0.2, 0) is 11.3 Å². The molecule has 0 radical (unpaired) electrons. The van der Waals surface area contributed by atoms with E-state index < -0.39 is 0 Å². The molecule has 0 aliphatic carbocycles. The molecule has 4 aromatic rings. The number of para-hydroxylation sites is 2. The number of benzene rings is 3. The average Bonchev–Trinajstić information content (AvgIpc) is 3.36. The molecule has 5 rings (SSSR count). The molecular formula is C26H22BrN3O. The fourth-order valence-electron chi connectivity index (χ4n) is 4.21. The highest BCUT2D eigenvalue weighted by molar-refractivity contribution is 9.10. The monoisotopic (exact) mass is 471 g/mol. The van der Waals surface area contributed by atoms with Gasteiger partial charge in [-0.05, 0) is 42.0 Å². The molecule has 0 saturated carbocycles. The second-order valence-corrected chi connectivity index (χ2v) is 8.68. The molecule has 5 heteroatoms. The van der Waals surface area contributed by atoms with E-state index in [4.69, 9.17) is 4.98 Å². The summed E-state index contributed by atoms with van der Waals surface area (Å²) in [5, 5.41) is 0. The topological polar surface area (TPSA) is 38.1 Å². The van der Waals surface area contributed by atoms with Crippen LogP contribution in [0.3, 0.4) is 0 Å². The van der Waals surface area contributed by atoms with Crippen LogP contribution in [0.15, 0.2) is 89.4 Å². The first-order valence-electron chi connectivity index (χ1n) is 10.4. The smallest absolute Gasteiger partial charge is 0.227 e. The van der Waals surface area contributed by atoms with E-state index in [2.05, 4.69) is 50.8 Å². The highest BCUT2D eigenvalue weighted by atomic mass is 79.9. The van der Waals surface area contributed by atoms with Crippen molar-refractivity contribution >= 4 is 44.6 Å². The van der Waals surface area contributed by atoms with Crippen LogP contribution >= 0.6 is 15.9 Å². The quantitative estimate of drug-likeness (QED) is 0.356. The minimum atomic E-state index is 0.0636.